The van der Waals surface area contributed by atoms with Crippen molar-refractivity contribution in [1.29, 1.82) is 10.5 Å². The van der Waals surface area contributed by atoms with Crippen molar-refractivity contribution in [2.75, 3.05) is 18.2 Å². The zero-order valence-corrected chi connectivity index (χ0v) is 19.1. The van der Waals surface area contributed by atoms with Crippen LogP contribution in [0.3, 0.4) is 0 Å². The largest absolute Gasteiger partial charge is 0.494 e. The van der Waals surface area contributed by atoms with Gasteiger partial charge in [0.1, 0.15) is 29.7 Å². The average Bonchev–Trinajstić information content (AvgIpc) is 3.20. The Balaban J connectivity index is 1.88. The first-order valence-corrected chi connectivity index (χ1v) is 11.1. The lowest BCUT2D eigenvalue weighted by Crippen LogP contribution is -2.40. The molecule has 0 spiro atoms. The molecule has 7 heteroatoms. The van der Waals surface area contributed by atoms with Crippen LogP contribution in [-0.4, -0.2) is 25.1 Å². The van der Waals surface area contributed by atoms with Crippen LogP contribution in [0, 0.1) is 28.6 Å². The summed E-state index contributed by atoms with van der Waals surface area (Å²) in [5.41, 5.74) is 8.45. The second-order valence-corrected chi connectivity index (χ2v) is 7.66. The topological polar surface area (TPSA) is 108 Å². The van der Waals surface area contributed by atoms with Crippen LogP contribution < -0.4 is 20.2 Å². The summed E-state index contributed by atoms with van der Waals surface area (Å²) in [6, 6.07) is 23.5. The summed E-state index contributed by atoms with van der Waals surface area (Å²) < 4.78 is 11.6. The lowest BCUT2D eigenvalue weighted by Gasteiger charge is -2.21. The number of para-hydroxylation sites is 1. The zero-order chi connectivity index (χ0) is 24.1. The van der Waals surface area contributed by atoms with Gasteiger partial charge in [0.05, 0.1) is 36.3 Å². The van der Waals surface area contributed by atoms with E-state index in [1.54, 1.807) is 11.1 Å². The summed E-state index contributed by atoms with van der Waals surface area (Å²) in [6.45, 7) is 4.84. The molecule has 7 nitrogen and oxygen atoms in total. The van der Waals surface area contributed by atoms with E-state index < -0.39 is 12.1 Å². The normalized spacial score (nSPS) is 17.7. The van der Waals surface area contributed by atoms with Gasteiger partial charge in [-0.15, -0.1) is 0 Å². The third kappa shape index (κ3) is 4.30. The van der Waals surface area contributed by atoms with E-state index in [-0.39, 0.29) is 5.57 Å². The van der Waals surface area contributed by atoms with Crippen molar-refractivity contribution < 1.29 is 9.47 Å². The fourth-order valence-corrected chi connectivity index (χ4v) is 4.01. The third-order valence-electron chi connectivity index (χ3n) is 5.58. The molecule has 3 aromatic rings. The minimum Gasteiger partial charge on any atom is -0.494 e. The molecule has 0 radical (unpaired) electrons. The quantitative estimate of drug-likeness (QED) is 0.515. The number of nitrogens with zero attached hydrogens (tertiary/aromatic N) is 4. The highest BCUT2D eigenvalue weighted by Crippen LogP contribution is 2.35. The van der Waals surface area contributed by atoms with E-state index in [4.69, 9.17) is 15.2 Å². The van der Waals surface area contributed by atoms with Gasteiger partial charge < -0.3 is 15.2 Å². The highest BCUT2D eigenvalue weighted by atomic mass is 16.5. The Morgan fingerprint density at radius 3 is 2.47 bits per heavy atom. The molecule has 0 unspecified atom stereocenters. The number of hydrogen-bond acceptors (Lipinski definition) is 7. The summed E-state index contributed by atoms with van der Waals surface area (Å²) in [5, 5.41) is 28.0. The summed E-state index contributed by atoms with van der Waals surface area (Å²) in [4.78, 5) is 0. The van der Waals surface area contributed by atoms with Crippen LogP contribution in [0.4, 0.5) is 5.69 Å². The van der Waals surface area contributed by atoms with Crippen molar-refractivity contribution in [1.82, 2.24) is 0 Å². The number of anilines is 1. The Hall–Kier alpha value is -4.33. The molecule has 3 aromatic carbocycles. The number of benzene rings is 3. The lowest BCUT2D eigenvalue weighted by atomic mass is 9.94. The minimum atomic E-state index is -0.768. The maximum absolute atomic E-state index is 10.1. The van der Waals surface area contributed by atoms with Gasteiger partial charge >= 0.3 is 0 Å². The van der Waals surface area contributed by atoms with E-state index in [1.165, 1.54) is 0 Å². The van der Waals surface area contributed by atoms with Crippen molar-refractivity contribution in [2.24, 2.45) is 16.8 Å². The Morgan fingerprint density at radius 2 is 1.79 bits per heavy atom. The van der Waals surface area contributed by atoms with Gasteiger partial charge in [-0.1, -0.05) is 30.3 Å². The Morgan fingerprint density at radius 1 is 1.06 bits per heavy atom. The number of hydrogen-bond donors (Lipinski definition) is 1. The second kappa shape index (κ2) is 10.1. The molecular formula is C27H25N5O2. The van der Waals surface area contributed by atoms with E-state index >= 15 is 0 Å². The highest BCUT2D eigenvalue weighted by molar-refractivity contribution is 6.13. The summed E-state index contributed by atoms with van der Waals surface area (Å²) >= 11 is 0. The fraction of sp³-hybridized carbons (Fsp3) is 0.222. The SMILES string of the molecule is CCOc1ccc2ccc(OCC)c(/C=C(/C#N)C3=NN(c4ccccc4)[C@H](N)[C@H]3C#N)c2c1. The molecular weight excluding hydrogens is 426 g/mol. The van der Waals surface area contributed by atoms with Crippen LogP contribution >= 0.6 is 0 Å². The number of nitriles is 2. The monoisotopic (exact) mass is 451 g/mol. The van der Waals surface area contributed by atoms with Crippen molar-refractivity contribution in [3.05, 3.63) is 71.8 Å². The van der Waals surface area contributed by atoms with Crippen LogP contribution in [0.5, 0.6) is 11.5 Å². The number of rotatable bonds is 7. The predicted molar refractivity (Wildman–Crippen MR) is 133 cm³/mol. The van der Waals surface area contributed by atoms with E-state index in [0.717, 1.165) is 27.8 Å². The Bertz CT molecular complexity index is 1330. The van der Waals surface area contributed by atoms with Crippen molar-refractivity contribution in [2.45, 2.75) is 20.0 Å². The average molecular weight is 452 g/mol. The smallest absolute Gasteiger partial charge is 0.127 e. The summed E-state index contributed by atoms with van der Waals surface area (Å²) in [7, 11) is 0. The number of fused-ring (bicyclic) bond motifs is 1. The maximum atomic E-state index is 10.1. The Kier molecular flexibility index (Phi) is 6.77. The molecule has 0 amide bonds. The van der Waals surface area contributed by atoms with Crippen molar-refractivity contribution in [3.8, 4) is 23.6 Å². The molecule has 1 aliphatic rings. The molecule has 170 valence electrons. The van der Waals surface area contributed by atoms with Gasteiger partial charge in [0, 0.05) is 5.56 Å². The first-order chi connectivity index (χ1) is 16.6. The number of ether oxygens (including phenoxy) is 2. The molecule has 0 aromatic heterocycles. The lowest BCUT2D eigenvalue weighted by molar-refractivity contribution is 0.339. The highest BCUT2D eigenvalue weighted by Gasteiger charge is 2.37. The van der Waals surface area contributed by atoms with Gasteiger partial charge in [-0.2, -0.15) is 15.6 Å². The molecule has 2 N–H and O–H groups in total. The van der Waals surface area contributed by atoms with Crippen molar-refractivity contribution >= 4 is 28.2 Å². The van der Waals surface area contributed by atoms with Gasteiger partial charge in [-0.25, -0.2) is 5.01 Å². The van der Waals surface area contributed by atoms with Crippen LogP contribution in [0.1, 0.15) is 19.4 Å². The van der Waals surface area contributed by atoms with Crippen LogP contribution in [-0.2, 0) is 0 Å². The number of nitrogens with two attached hydrogens (primary N) is 1. The van der Waals surface area contributed by atoms with E-state index in [2.05, 4.69) is 17.2 Å². The maximum Gasteiger partial charge on any atom is 0.127 e. The van der Waals surface area contributed by atoms with E-state index in [9.17, 15) is 10.5 Å². The minimum absolute atomic E-state index is 0.260. The van der Waals surface area contributed by atoms with Gasteiger partial charge in [0.15, 0.2) is 0 Å². The van der Waals surface area contributed by atoms with Gasteiger partial charge in [-0.05, 0) is 61.0 Å². The summed E-state index contributed by atoms with van der Waals surface area (Å²) in [6.07, 6.45) is 1.02. The fourth-order valence-electron chi connectivity index (χ4n) is 4.01. The Labute approximate surface area is 198 Å². The standard InChI is InChI=1S/C27H25N5O2/c1-3-33-21-12-10-18-11-13-25(34-4-2)23(22(18)15-21)14-19(16-28)26-24(17-29)27(30)32(31-26)20-8-6-5-7-9-20/h5-15,24,27H,3-4,30H2,1-2H3/b19-14-/t24-,27-/m0/s1. The molecule has 0 saturated heterocycles. The first kappa shape index (κ1) is 22.8. The predicted octanol–water partition coefficient (Wildman–Crippen LogP) is 4.84. The molecule has 0 bridgehead atoms. The number of allylic oxidation sites excluding steroid dienone is 1. The van der Waals surface area contributed by atoms with E-state index in [0.29, 0.717) is 24.7 Å². The van der Waals surface area contributed by atoms with Gasteiger partial charge in [0.25, 0.3) is 0 Å². The summed E-state index contributed by atoms with van der Waals surface area (Å²) in [5.74, 6) is 0.588. The van der Waals surface area contributed by atoms with Gasteiger partial charge in [0.2, 0.25) is 0 Å². The molecule has 4 rings (SSSR count). The molecule has 0 aliphatic carbocycles. The molecule has 0 fully saturated rings. The first-order valence-electron chi connectivity index (χ1n) is 11.1. The van der Waals surface area contributed by atoms with E-state index in [1.807, 2.05) is 74.5 Å². The van der Waals surface area contributed by atoms with Crippen LogP contribution in [0.25, 0.3) is 16.8 Å². The molecule has 34 heavy (non-hydrogen) atoms. The van der Waals surface area contributed by atoms with Crippen LogP contribution in [0.15, 0.2) is 71.3 Å². The number of hydrazone groups is 1. The van der Waals surface area contributed by atoms with Crippen molar-refractivity contribution in [3.63, 3.8) is 0 Å². The third-order valence-corrected chi connectivity index (χ3v) is 5.58. The van der Waals surface area contributed by atoms with Gasteiger partial charge in [-0.3, -0.25) is 0 Å². The molecule has 1 heterocycles. The molecule has 2 atom stereocenters. The zero-order valence-electron chi connectivity index (χ0n) is 19.1. The van der Waals surface area contributed by atoms with Crippen LogP contribution in [0.2, 0.25) is 0 Å². The second-order valence-electron chi connectivity index (χ2n) is 7.66. The molecule has 1 aliphatic heterocycles. The molecule has 0 saturated carbocycles.